The van der Waals surface area contributed by atoms with Crippen LogP contribution in [0.5, 0.6) is 11.5 Å². The van der Waals surface area contributed by atoms with Crippen LogP contribution >= 0.6 is 0 Å². The monoisotopic (exact) mass is 407 g/mol. The Morgan fingerprint density at radius 2 is 1.77 bits per heavy atom. The molecule has 0 radical (unpaired) electrons. The van der Waals surface area contributed by atoms with Crippen LogP contribution in [0.4, 0.5) is 5.69 Å². The summed E-state index contributed by atoms with van der Waals surface area (Å²) < 4.78 is 10.9. The van der Waals surface area contributed by atoms with E-state index < -0.39 is 17.4 Å². The minimum Gasteiger partial charge on any atom is -0.454 e. The lowest BCUT2D eigenvalue weighted by molar-refractivity contribution is -0.131. The van der Waals surface area contributed by atoms with Crippen molar-refractivity contribution in [2.24, 2.45) is 5.92 Å². The number of hydrogen-bond acceptors (Lipinski definition) is 6. The van der Waals surface area contributed by atoms with Crippen LogP contribution in [-0.4, -0.2) is 29.1 Å². The molecule has 3 atom stereocenters. The van der Waals surface area contributed by atoms with E-state index in [1.165, 1.54) is 13.8 Å². The molecule has 1 aliphatic carbocycles. The van der Waals surface area contributed by atoms with E-state index in [9.17, 15) is 14.7 Å². The van der Waals surface area contributed by atoms with E-state index >= 15 is 0 Å². The lowest BCUT2D eigenvalue weighted by Crippen LogP contribution is -2.48. The molecule has 1 aliphatic heterocycles. The number of ketones is 2. The first-order valence-electron chi connectivity index (χ1n) is 9.96. The van der Waals surface area contributed by atoms with Crippen LogP contribution in [-0.2, 0) is 9.59 Å². The van der Waals surface area contributed by atoms with Gasteiger partial charge in [0, 0.05) is 29.3 Å². The Morgan fingerprint density at radius 1 is 1.07 bits per heavy atom. The third-order valence-corrected chi connectivity index (χ3v) is 5.82. The zero-order valence-corrected chi connectivity index (χ0v) is 17.3. The van der Waals surface area contributed by atoms with Crippen LogP contribution in [0.2, 0.25) is 0 Å². The summed E-state index contributed by atoms with van der Waals surface area (Å²) in [6.45, 7) is 4.75. The predicted octanol–water partition coefficient (Wildman–Crippen LogP) is 3.81. The van der Waals surface area contributed by atoms with Crippen molar-refractivity contribution >= 4 is 17.3 Å². The van der Waals surface area contributed by atoms with Gasteiger partial charge in [0.25, 0.3) is 0 Å². The molecule has 156 valence electrons. The van der Waals surface area contributed by atoms with Gasteiger partial charge in [-0.3, -0.25) is 9.59 Å². The SMILES string of the molecule is CC(=O)C1=C(Nc2ccccc2)C[C@@](C)(O)[C@@H](C(C)=O)[C@@H]1c1ccc2c(c1)OCO2. The highest BCUT2D eigenvalue weighted by Gasteiger charge is 2.49. The van der Waals surface area contributed by atoms with Crippen LogP contribution < -0.4 is 14.8 Å². The van der Waals surface area contributed by atoms with Gasteiger partial charge in [0.1, 0.15) is 5.78 Å². The van der Waals surface area contributed by atoms with Crippen molar-refractivity contribution in [3.05, 3.63) is 65.4 Å². The molecule has 0 fully saturated rings. The molecule has 0 saturated heterocycles. The summed E-state index contributed by atoms with van der Waals surface area (Å²) >= 11 is 0. The second kappa shape index (κ2) is 7.61. The van der Waals surface area contributed by atoms with Crippen LogP contribution in [0, 0.1) is 5.92 Å². The molecule has 2 N–H and O–H groups in total. The number of Topliss-reactive ketones (excluding diaryl/α,β-unsaturated/α-hetero) is 2. The van der Waals surface area contributed by atoms with Gasteiger partial charge >= 0.3 is 0 Å². The first-order valence-corrected chi connectivity index (χ1v) is 9.96. The zero-order chi connectivity index (χ0) is 21.5. The number of para-hydroxylation sites is 1. The molecule has 0 saturated carbocycles. The summed E-state index contributed by atoms with van der Waals surface area (Å²) in [6, 6.07) is 14.9. The molecule has 4 rings (SSSR count). The number of benzene rings is 2. The van der Waals surface area contributed by atoms with Crippen LogP contribution in [0.25, 0.3) is 0 Å². The van der Waals surface area contributed by atoms with Crippen molar-refractivity contribution in [3.63, 3.8) is 0 Å². The van der Waals surface area contributed by atoms with E-state index in [1.807, 2.05) is 36.4 Å². The second-order valence-electron chi connectivity index (χ2n) is 8.15. The predicted molar refractivity (Wildman–Crippen MR) is 112 cm³/mol. The van der Waals surface area contributed by atoms with Gasteiger partial charge in [-0.05, 0) is 50.6 Å². The first-order chi connectivity index (χ1) is 14.3. The first kappa shape index (κ1) is 20.2. The highest BCUT2D eigenvalue weighted by atomic mass is 16.7. The average Bonchev–Trinajstić information content (AvgIpc) is 3.14. The van der Waals surface area contributed by atoms with Crippen molar-refractivity contribution in [2.45, 2.75) is 38.7 Å². The Hall–Kier alpha value is -3.12. The fourth-order valence-electron chi connectivity index (χ4n) is 4.65. The largest absolute Gasteiger partial charge is 0.454 e. The summed E-state index contributed by atoms with van der Waals surface area (Å²) in [5, 5.41) is 14.6. The Balaban J connectivity index is 1.89. The maximum atomic E-state index is 12.8. The summed E-state index contributed by atoms with van der Waals surface area (Å²) in [4.78, 5) is 25.5. The topological polar surface area (TPSA) is 84.9 Å². The van der Waals surface area contributed by atoms with Crippen LogP contribution in [0.1, 0.15) is 38.7 Å². The quantitative estimate of drug-likeness (QED) is 0.784. The lowest BCUT2D eigenvalue weighted by Gasteiger charge is -2.43. The minimum absolute atomic E-state index is 0.132. The lowest BCUT2D eigenvalue weighted by atomic mass is 9.64. The Kier molecular flexibility index (Phi) is 5.12. The molecule has 2 aromatic rings. The van der Waals surface area contributed by atoms with E-state index in [2.05, 4.69) is 5.32 Å². The van der Waals surface area contributed by atoms with Crippen molar-refractivity contribution in [1.29, 1.82) is 0 Å². The number of nitrogens with one attached hydrogen (secondary N) is 1. The Morgan fingerprint density at radius 3 is 2.43 bits per heavy atom. The van der Waals surface area contributed by atoms with Gasteiger partial charge in [0.2, 0.25) is 6.79 Å². The number of rotatable bonds is 5. The summed E-state index contributed by atoms with van der Waals surface area (Å²) in [7, 11) is 0. The van der Waals surface area contributed by atoms with Gasteiger partial charge < -0.3 is 19.9 Å². The Labute approximate surface area is 175 Å². The second-order valence-corrected chi connectivity index (χ2v) is 8.15. The van der Waals surface area contributed by atoms with Gasteiger partial charge in [0.05, 0.1) is 11.5 Å². The average molecular weight is 407 g/mol. The number of anilines is 1. The molecule has 30 heavy (non-hydrogen) atoms. The van der Waals surface area contributed by atoms with Gasteiger partial charge in [0.15, 0.2) is 17.3 Å². The summed E-state index contributed by atoms with van der Waals surface area (Å²) in [5.41, 5.74) is 1.34. The molecular formula is C24H25NO5. The van der Waals surface area contributed by atoms with E-state index in [0.717, 1.165) is 11.3 Å². The number of carbonyl (C=O) groups excluding carboxylic acids is 2. The maximum Gasteiger partial charge on any atom is 0.231 e. The van der Waals surface area contributed by atoms with Crippen molar-refractivity contribution in [2.75, 3.05) is 12.1 Å². The smallest absolute Gasteiger partial charge is 0.231 e. The van der Waals surface area contributed by atoms with Crippen LogP contribution in [0.3, 0.4) is 0 Å². The third kappa shape index (κ3) is 3.59. The minimum atomic E-state index is -1.33. The number of ether oxygens (including phenoxy) is 2. The van der Waals surface area contributed by atoms with Crippen molar-refractivity contribution in [3.8, 4) is 11.5 Å². The maximum absolute atomic E-state index is 12.8. The molecule has 0 unspecified atom stereocenters. The Bertz CT molecular complexity index is 1030. The van der Waals surface area contributed by atoms with E-state index in [1.54, 1.807) is 19.1 Å². The number of fused-ring (bicyclic) bond motifs is 1. The van der Waals surface area contributed by atoms with Crippen molar-refractivity contribution < 1.29 is 24.2 Å². The molecule has 0 spiro atoms. The molecule has 2 aliphatic rings. The molecule has 6 nitrogen and oxygen atoms in total. The van der Waals surface area contributed by atoms with E-state index in [0.29, 0.717) is 22.8 Å². The standard InChI is InChI=1S/C24H25NO5/c1-14(26)21-18(25-17-7-5-4-6-8-17)12-24(3,28)23(15(2)27)22(21)16-9-10-19-20(11-16)30-13-29-19/h4-11,22-23,25,28H,12-13H2,1-3H3/t22-,23+,24-/m1/s1. The molecule has 0 aromatic heterocycles. The third-order valence-electron chi connectivity index (χ3n) is 5.82. The number of carbonyl (C=O) groups is 2. The molecule has 0 bridgehead atoms. The highest BCUT2D eigenvalue weighted by Crippen LogP contribution is 2.49. The summed E-state index contributed by atoms with van der Waals surface area (Å²) in [6.07, 6.45) is 0.169. The number of aliphatic hydroxyl groups is 1. The normalized spacial score (nSPS) is 25.2. The van der Waals surface area contributed by atoms with E-state index in [4.69, 9.17) is 9.47 Å². The van der Waals surface area contributed by atoms with Gasteiger partial charge in [-0.2, -0.15) is 0 Å². The molecule has 2 aromatic carbocycles. The fourth-order valence-corrected chi connectivity index (χ4v) is 4.65. The molecule has 6 heteroatoms. The number of allylic oxidation sites excluding steroid dienone is 1. The van der Waals surface area contributed by atoms with Crippen molar-refractivity contribution in [1.82, 2.24) is 0 Å². The van der Waals surface area contributed by atoms with Crippen LogP contribution in [0.15, 0.2) is 59.8 Å². The number of hydrogen-bond donors (Lipinski definition) is 2. The molecular weight excluding hydrogens is 382 g/mol. The fraction of sp³-hybridized carbons (Fsp3) is 0.333. The molecule has 0 amide bonds. The van der Waals surface area contributed by atoms with Gasteiger partial charge in [-0.25, -0.2) is 0 Å². The van der Waals surface area contributed by atoms with Gasteiger partial charge in [-0.15, -0.1) is 0 Å². The van der Waals surface area contributed by atoms with Gasteiger partial charge in [-0.1, -0.05) is 24.3 Å². The summed E-state index contributed by atoms with van der Waals surface area (Å²) in [5.74, 6) is -0.488. The zero-order valence-electron chi connectivity index (χ0n) is 17.3. The van der Waals surface area contributed by atoms with E-state index in [-0.39, 0.29) is 24.8 Å². The highest BCUT2D eigenvalue weighted by molar-refractivity contribution is 5.98. The molecule has 1 heterocycles.